The molecule has 0 unspecified atom stereocenters. The highest BCUT2D eigenvalue weighted by molar-refractivity contribution is 6.32. The van der Waals surface area contributed by atoms with Crippen molar-refractivity contribution < 1.29 is 4.74 Å². The normalized spacial score (nSPS) is 14.5. The zero-order valence-electron chi connectivity index (χ0n) is 11.7. The van der Waals surface area contributed by atoms with E-state index in [0.717, 1.165) is 31.5 Å². The second kappa shape index (κ2) is 5.73. The molecule has 1 aliphatic rings. The van der Waals surface area contributed by atoms with Crippen LogP contribution in [0.3, 0.4) is 0 Å². The van der Waals surface area contributed by atoms with Gasteiger partial charge in [0, 0.05) is 18.7 Å². The Hall–Kier alpha value is -2.08. The smallest absolute Gasteiger partial charge is 0.230 e. The largest absolute Gasteiger partial charge is 0.495 e. The van der Waals surface area contributed by atoms with Crippen LogP contribution in [0.4, 0.5) is 11.9 Å². The number of hydrogen-bond donors (Lipinski definition) is 1. The van der Waals surface area contributed by atoms with Crippen LogP contribution in [-0.2, 0) is 0 Å². The van der Waals surface area contributed by atoms with Gasteiger partial charge in [0.1, 0.15) is 5.75 Å². The van der Waals surface area contributed by atoms with E-state index < -0.39 is 0 Å². The molecule has 0 atom stereocenters. The van der Waals surface area contributed by atoms with Gasteiger partial charge in [-0.15, -0.1) is 0 Å². The van der Waals surface area contributed by atoms with Gasteiger partial charge >= 0.3 is 0 Å². The maximum Gasteiger partial charge on any atom is 0.230 e. The molecular formula is C14H16ClN5O. The Bertz CT molecular complexity index is 658. The van der Waals surface area contributed by atoms with E-state index >= 15 is 0 Å². The van der Waals surface area contributed by atoms with Gasteiger partial charge in [0.15, 0.2) is 5.82 Å². The van der Waals surface area contributed by atoms with E-state index in [1.165, 1.54) is 0 Å². The molecule has 0 spiro atoms. The van der Waals surface area contributed by atoms with E-state index in [9.17, 15) is 0 Å². The van der Waals surface area contributed by atoms with Crippen LogP contribution in [-0.4, -0.2) is 35.2 Å². The minimum Gasteiger partial charge on any atom is -0.495 e. The molecule has 0 bridgehead atoms. The lowest BCUT2D eigenvalue weighted by Gasteiger charge is -2.16. The first-order valence-corrected chi connectivity index (χ1v) is 7.15. The lowest BCUT2D eigenvalue weighted by atomic mass is 10.2. The number of nitrogen functional groups attached to an aromatic ring is 1. The van der Waals surface area contributed by atoms with E-state index in [2.05, 4.69) is 19.9 Å². The van der Waals surface area contributed by atoms with Crippen LogP contribution in [0, 0.1) is 0 Å². The van der Waals surface area contributed by atoms with Gasteiger partial charge in [-0.2, -0.15) is 15.0 Å². The quantitative estimate of drug-likeness (QED) is 0.938. The van der Waals surface area contributed by atoms with Crippen molar-refractivity contribution in [3.63, 3.8) is 0 Å². The molecule has 1 aromatic carbocycles. The zero-order chi connectivity index (χ0) is 14.8. The number of anilines is 2. The minimum atomic E-state index is 0.218. The summed E-state index contributed by atoms with van der Waals surface area (Å²) in [4.78, 5) is 15.1. The molecule has 3 rings (SSSR count). The van der Waals surface area contributed by atoms with Crippen molar-refractivity contribution in [3.05, 3.63) is 23.2 Å². The highest BCUT2D eigenvalue weighted by Crippen LogP contribution is 2.29. The molecule has 1 aliphatic heterocycles. The minimum absolute atomic E-state index is 0.218. The maximum absolute atomic E-state index is 6.04. The molecular weight excluding hydrogens is 290 g/mol. The number of methoxy groups -OCH3 is 1. The van der Waals surface area contributed by atoms with Crippen molar-refractivity contribution in [2.45, 2.75) is 12.8 Å². The molecule has 1 aromatic heterocycles. The second-order valence-corrected chi connectivity index (χ2v) is 5.27. The van der Waals surface area contributed by atoms with Gasteiger partial charge in [0.25, 0.3) is 0 Å². The molecule has 0 saturated carbocycles. The molecule has 110 valence electrons. The summed E-state index contributed by atoms with van der Waals surface area (Å²) >= 11 is 6.04. The summed E-state index contributed by atoms with van der Waals surface area (Å²) in [5.74, 6) is 1.95. The molecule has 21 heavy (non-hydrogen) atoms. The van der Waals surface area contributed by atoms with Crippen LogP contribution in [0.2, 0.25) is 5.02 Å². The van der Waals surface area contributed by atoms with E-state index in [-0.39, 0.29) is 5.95 Å². The summed E-state index contributed by atoms with van der Waals surface area (Å²) in [6.07, 6.45) is 2.30. The van der Waals surface area contributed by atoms with E-state index in [1.54, 1.807) is 19.2 Å². The Morgan fingerprint density at radius 3 is 2.67 bits per heavy atom. The van der Waals surface area contributed by atoms with E-state index in [4.69, 9.17) is 22.1 Å². The standard InChI is InChI=1S/C14H16ClN5O/c1-21-11-8-9(4-5-10(11)15)12-17-13(16)19-14(18-12)20-6-2-3-7-20/h4-5,8H,2-3,6-7H2,1H3,(H2,16,17,18,19). The summed E-state index contributed by atoms with van der Waals surface area (Å²) in [6, 6.07) is 5.39. The second-order valence-electron chi connectivity index (χ2n) is 4.86. The monoisotopic (exact) mass is 305 g/mol. The fraction of sp³-hybridized carbons (Fsp3) is 0.357. The molecule has 6 nitrogen and oxygen atoms in total. The average molecular weight is 306 g/mol. The molecule has 0 amide bonds. The Kier molecular flexibility index (Phi) is 3.79. The van der Waals surface area contributed by atoms with Crippen LogP contribution >= 0.6 is 11.6 Å². The summed E-state index contributed by atoms with van der Waals surface area (Å²) < 4.78 is 5.22. The number of ether oxygens (including phenoxy) is 1. The van der Waals surface area contributed by atoms with Gasteiger partial charge < -0.3 is 15.4 Å². The number of rotatable bonds is 3. The van der Waals surface area contributed by atoms with Gasteiger partial charge in [-0.3, -0.25) is 0 Å². The topological polar surface area (TPSA) is 77.2 Å². The van der Waals surface area contributed by atoms with E-state index in [0.29, 0.717) is 22.5 Å². The van der Waals surface area contributed by atoms with Crippen molar-refractivity contribution in [1.29, 1.82) is 0 Å². The number of nitrogens with two attached hydrogens (primary N) is 1. The van der Waals surface area contributed by atoms with Gasteiger partial charge in [-0.25, -0.2) is 0 Å². The predicted molar refractivity (Wildman–Crippen MR) is 82.7 cm³/mol. The summed E-state index contributed by atoms with van der Waals surface area (Å²) in [6.45, 7) is 1.90. The molecule has 2 aromatic rings. The van der Waals surface area contributed by atoms with Gasteiger partial charge in [-0.1, -0.05) is 11.6 Å². The summed E-state index contributed by atoms with van der Waals surface area (Å²) in [7, 11) is 1.57. The van der Waals surface area contributed by atoms with Crippen molar-refractivity contribution in [3.8, 4) is 17.1 Å². The van der Waals surface area contributed by atoms with Crippen LogP contribution in [0.5, 0.6) is 5.75 Å². The Balaban J connectivity index is 2.01. The first-order chi connectivity index (χ1) is 10.2. The molecule has 2 heterocycles. The molecule has 1 fully saturated rings. The molecule has 1 saturated heterocycles. The first-order valence-electron chi connectivity index (χ1n) is 6.78. The lowest BCUT2D eigenvalue weighted by Crippen LogP contribution is -2.21. The van der Waals surface area contributed by atoms with Crippen LogP contribution < -0.4 is 15.4 Å². The predicted octanol–water partition coefficient (Wildman–Crippen LogP) is 2.38. The molecule has 0 aliphatic carbocycles. The average Bonchev–Trinajstić information content (AvgIpc) is 3.01. The lowest BCUT2D eigenvalue weighted by molar-refractivity contribution is 0.415. The summed E-state index contributed by atoms with van der Waals surface area (Å²) in [5.41, 5.74) is 6.62. The fourth-order valence-electron chi connectivity index (χ4n) is 2.37. The molecule has 0 radical (unpaired) electrons. The summed E-state index contributed by atoms with van der Waals surface area (Å²) in [5, 5.41) is 0.544. The highest BCUT2D eigenvalue weighted by atomic mass is 35.5. The Morgan fingerprint density at radius 2 is 1.95 bits per heavy atom. The Morgan fingerprint density at radius 1 is 1.19 bits per heavy atom. The van der Waals surface area contributed by atoms with E-state index in [1.807, 2.05) is 6.07 Å². The van der Waals surface area contributed by atoms with Crippen molar-refractivity contribution in [1.82, 2.24) is 15.0 Å². The molecule has 7 heteroatoms. The number of aromatic nitrogens is 3. The maximum atomic E-state index is 6.04. The zero-order valence-corrected chi connectivity index (χ0v) is 12.5. The van der Waals surface area contributed by atoms with Crippen molar-refractivity contribution in [2.24, 2.45) is 0 Å². The number of hydrogen-bond acceptors (Lipinski definition) is 6. The van der Waals surface area contributed by atoms with Crippen LogP contribution in [0.25, 0.3) is 11.4 Å². The third kappa shape index (κ3) is 2.85. The van der Waals surface area contributed by atoms with Crippen molar-refractivity contribution >= 4 is 23.5 Å². The SMILES string of the molecule is COc1cc(-c2nc(N)nc(N3CCCC3)n2)ccc1Cl. The van der Waals surface area contributed by atoms with Gasteiger partial charge in [0.2, 0.25) is 11.9 Å². The number of nitrogens with zero attached hydrogens (tertiary/aromatic N) is 4. The van der Waals surface area contributed by atoms with Crippen molar-refractivity contribution in [2.75, 3.05) is 30.8 Å². The number of benzene rings is 1. The highest BCUT2D eigenvalue weighted by Gasteiger charge is 2.17. The molecule has 2 N–H and O–H groups in total. The van der Waals surface area contributed by atoms with Gasteiger partial charge in [-0.05, 0) is 31.0 Å². The first kappa shape index (κ1) is 13.9. The number of halogens is 1. The third-order valence-electron chi connectivity index (χ3n) is 3.44. The fourth-order valence-corrected chi connectivity index (χ4v) is 2.56. The Labute approximate surface area is 127 Å². The third-order valence-corrected chi connectivity index (χ3v) is 3.75. The van der Waals surface area contributed by atoms with Gasteiger partial charge in [0.05, 0.1) is 12.1 Å². The van der Waals surface area contributed by atoms with Crippen LogP contribution in [0.15, 0.2) is 18.2 Å². The van der Waals surface area contributed by atoms with Crippen LogP contribution in [0.1, 0.15) is 12.8 Å².